The van der Waals surface area contributed by atoms with Crippen molar-refractivity contribution in [2.45, 2.75) is 76.4 Å². The maximum atomic E-state index is 3.95. The molecule has 98 valence electrons. The van der Waals surface area contributed by atoms with E-state index in [0.29, 0.717) is 5.54 Å². The third kappa shape index (κ3) is 2.39. The SMILES string of the molecule is CC(C)N1CC2(CCCCC2)NCC1C1CC1. The van der Waals surface area contributed by atoms with Crippen molar-refractivity contribution >= 4 is 0 Å². The summed E-state index contributed by atoms with van der Waals surface area (Å²) in [7, 11) is 0. The minimum absolute atomic E-state index is 0.480. The summed E-state index contributed by atoms with van der Waals surface area (Å²) in [6, 6.07) is 1.56. The summed E-state index contributed by atoms with van der Waals surface area (Å²) in [5.74, 6) is 1.01. The minimum Gasteiger partial charge on any atom is -0.308 e. The van der Waals surface area contributed by atoms with Crippen LogP contribution in [0.4, 0.5) is 0 Å². The maximum Gasteiger partial charge on any atom is 0.0309 e. The molecule has 0 bridgehead atoms. The van der Waals surface area contributed by atoms with Gasteiger partial charge in [-0.3, -0.25) is 4.90 Å². The average molecular weight is 236 g/mol. The highest BCUT2D eigenvalue weighted by atomic mass is 15.3. The third-order valence-electron chi connectivity index (χ3n) is 5.24. The second-order valence-electron chi connectivity index (χ2n) is 6.89. The summed E-state index contributed by atoms with van der Waals surface area (Å²) >= 11 is 0. The lowest BCUT2D eigenvalue weighted by atomic mass is 9.78. The van der Waals surface area contributed by atoms with Crippen LogP contribution in [0.15, 0.2) is 0 Å². The standard InChI is InChI=1S/C15H28N2/c1-12(2)17-11-15(8-4-3-5-9-15)16-10-14(17)13-6-7-13/h12-14,16H,3-11H2,1-2H3. The zero-order chi connectivity index (χ0) is 11.9. The fourth-order valence-corrected chi connectivity index (χ4v) is 4.01. The average Bonchev–Trinajstić information content (AvgIpc) is 3.14. The molecule has 2 saturated carbocycles. The lowest BCUT2D eigenvalue weighted by molar-refractivity contribution is 0.0253. The van der Waals surface area contributed by atoms with E-state index in [2.05, 4.69) is 24.1 Å². The van der Waals surface area contributed by atoms with Gasteiger partial charge in [0.05, 0.1) is 0 Å². The van der Waals surface area contributed by atoms with Gasteiger partial charge in [0.25, 0.3) is 0 Å². The molecule has 0 radical (unpaired) electrons. The van der Waals surface area contributed by atoms with E-state index in [1.54, 1.807) is 0 Å². The Morgan fingerprint density at radius 2 is 1.82 bits per heavy atom. The van der Waals surface area contributed by atoms with Gasteiger partial charge in [0.2, 0.25) is 0 Å². The highest BCUT2D eigenvalue weighted by molar-refractivity contribution is 5.03. The van der Waals surface area contributed by atoms with Crippen LogP contribution in [-0.4, -0.2) is 35.6 Å². The number of nitrogens with one attached hydrogen (secondary N) is 1. The van der Waals surface area contributed by atoms with Gasteiger partial charge in [-0.1, -0.05) is 19.3 Å². The van der Waals surface area contributed by atoms with Gasteiger partial charge in [0.15, 0.2) is 0 Å². The van der Waals surface area contributed by atoms with Gasteiger partial charge in [-0.25, -0.2) is 0 Å². The molecule has 1 saturated heterocycles. The Morgan fingerprint density at radius 3 is 2.41 bits per heavy atom. The fraction of sp³-hybridized carbons (Fsp3) is 1.00. The highest BCUT2D eigenvalue weighted by Crippen LogP contribution is 2.40. The van der Waals surface area contributed by atoms with E-state index in [1.807, 2.05) is 0 Å². The van der Waals surface area contributed by atoms with E-state index in [0.717, 1.165) is 18.0 Å². The fourth-order valence-electron chi connectivity index (χ4n) is 4.01. The Morgan fingerprint density at radius 1 is 1.12 bits per heavy atom. The normalized spacial score (nSPS) is 34.4. The van der Waals surface area contributed by atoms with Crippen molar-refractivity contribution in [3.63, 3.8) is 0 Å². The first kappa shape index (κ1) is 12.0. The molecule has 0 amide bonds. The Balaban J connectivity index is 1.71. The molecule has 3 aliphatic rings. The minimum atomic E-state index is 0.480. The van der Waals surface area contributed by atoms with E-state index in [-0.39, 0.29) is 0 Å². The molecule has 3 rings (SSSR count). The molecular weight excluding hydrogens is 208 g/mol. The Hall–Kier alpha value is -0.0800. The largest absolute Gasteiger partial charge is 0.308 e. The third-order valence-corrected chi connectivity index (χ3v) is 5.24. The van der Waals surface area contributed by atoms with Crippen LogP contribution in [0.3, 0.4) is 0 Å². The molecule has 1 spiro atoms. The molecule has 0 aromatic heterocycles. The zero-order valence-corrected chi connectivity index (χ0v) is 11.5. The molecule has 0 aromatic rings. The van der Waals surface area contributed by atoms with Crippen molar-refractivity contribution in [2.75, 3.05) is 13.1 Å². The topological polar surface area (TPSA) is 15.3 Å². The van der Waals surface area contributed by atoms with Crippen LogP contribution in [0, 0.1) is 5.92 Å². The molecule has 17 heavy (non-hydrogen) atoms. The molecule has 1 N–H and O–H groups in total. The Kier molecular flexibility index (Phi) is 3.20. The first-order valence-electron chi connectivity index (χ1n) is 7.71. The van der Waals surface area contributed by atoms with Crippen LogP contribution in [0.5, 0.6) is 0 Å². The number of hydrogen-bond acceptors (Lipinski definition) is 2. The van der Waals surface area contributed by atoms with Crippen molar-refractivity contribution in [1.29, 1.82) is 0 Å². The molecule has 2 nitrogen and oxygen atoms in total. The van der Waals surface area contributed by atoms with Gasteiger partial charge in [0, 0.05) is 30.7 Å². The van der Waals surface area contributed by atoms with Crippen LogP contribution < -0.4 is 5.32 Å². The molecule has 3 fully saturated rings. The quantitative estimate of drug-likeness (QED) is 0.793. The summed E-state index contributed by atoms with van der Waals surface area (Å²) in [6.07, 6.45) is 10.1. The van der Waals surface area contributed by atoms with Gasteiger partial charge < -0.3 is 5.32 Å². The molecule has 1 heterocycles. The lowest BCUT2D eigenvalue weighted by Crippen LogP contribution is -2.66. The van der Waals surface area contributed by atoms with Crippen LogP contribution in [0.1, 0.15) is 58.8 Å². The van der Waals surface area contributed by atoms with E-state index in [1.165, 1.54) is 58.0 Å². The zero-order valence-electron chi connectivity index (χ0n) is 11.5. The van der Waals surface area contributed by atoms with Crippen molar-refractivity contribution < 1.29 is 0 Å². The molecule has 2 aliphatic carbocycles. The first-order chi connectivity index (χ1) is 8.20. The second-order valence-corrected chi connectivity index (χ2v) is 6.89. The smallest absolute Gasteiger partial charge is 0.0309 e. The van der Waals surface area contributed by atoms with Crippen LogP contribution in [0.2, 0.25) is 0 Å². The summed E-state index contributed by atoms with van der Waals surface area (Å²) in [6.45, 7) is 7.34. The highest BCUT2D eigenvalue weighted by Gasteiger charge is 2.45. The first-order valence-corrected chi connectivity index (χ1v) is 7.71. The van der Waals surface area contributed by atoms with E-state index in [4.69, 9.17) is 0 Å². The molecule has 1 aliphatic heterocycles. The summed E-state index contributed by atoms with van der Waals surface area (Å²) < 4.78 is 0. The summed E-state index contributed by atoms with van der Waals surface area (Å²) in [5, 5.41) is 3.95. The lowest BCUT2D eigenvalue weighted by Gasteiger charge is -2.51. The van der Waals surface area contributed by atoms with Gasteiger partial charge in [-0.05, 0) is 45.4 Å². The van der Waals surface area contributed by atoms with E-state index in [9.17, 15) is 0 Å². The van der Waals surface area contributed by atoms with Gasteiger partial charge in [-0.2, -0.15) is 0 Å². The molecule has 2 heteroatoms. The van der Waals surface area contributed by atoms with Crippen LogP contribution in [-0.2, 0) is 0 Å². The maximum absolute atomic E-state index is 3.95. The molecule has 1 unspecified atom stereocenters. The predicted molar refractivity (Wildman–Crippen MR) is 72.2 cm³/mol. The van der Waals surface area contributed by atoms with Crippen molar-refractivity contribution in [2.24, 2.45) is 5.92 Å². The Bertz CT molecular complexity index is 264. The number of hydrogen-bond donors (Lipinski definition) is 1. The van der Waals surface area contributed by atoms with Gasteiger partial charge >= 0.3 is 0 Å². The van der Waals surface area contributed by atoms with Crippen molar-refractivity contribution in [3.05, 3.63) is 0 Å². The summed E-state index contributed by atoms with van der Waals surface area (Å²) in [5.41, 5.74) is 0.480. The molecule has 0 aromatic carbocycles. The number of nitrogens with zero attached hydrogens (tertiary/aromatic N) is 1. The molecular formula is C15H28N2. The van der Waals surface area contributed by atoms with Crippen molar-refractivity contribution in [1.82, 2.24) is 10.2 Å². The monoisotopic (exact) mass is 236 g/mol. The van der Waals surface area contributed by atoms with Gasteiger partial charge in [-0.15, -0.1) is 0 Å². The number of rotatable bonds is 2. The summed E-state index contributed by atoms with van der Waals surface area (Å²) in [4.78, 5) is 2.82. The predicted octanol–water partition coefficient (Wildman–Crippen LogP) is 2.78. The van der Waals surface area contributed by atoms with E-state index >= 15 is 0 Å². The van der Waals surface area contributed by atoms with Gasteiger partial charge in [0.1, 0.15) is 0 Å². The number of piperazine rings is 1. The van der Waals surface area contributed by atoms with E-state index < -0.39 is 0 Å². The molecule has 1 atom stereocenters. The second kappa shape index (κ2) is 4.55. The Labute approximate surface area is 106 Å². The van der Waals surface area contributed by atoms with Crippen molar-refractivity contribution in [3.8, 4) is 0 Å². The van der Waals surface area contributed by atoms with Crippen LogP contribution in [0.25, 0.3) is 0 Å². The van der Waals surface area contributed by atoms with Crippen LogP contribution >= 0.6 is 0 Å².